The van der Waals surface area contributed by atoms with E-state index in [2.05, 4.69) is 5.32 Å². The molecule has 1 fully saturated rings. The fraction of sp³-hybridized carbons (Fsp3) is 0. The summed E-state index contributed by atoms with van der Waals surface area (Å²) >= 11 is 0. The standard InChI is InChI=1S/C21H15N3O4/c25-19-18(22-21(28)24(19)16-5-2-1-3-6-16)13-17-7-4-12-23(17)15-10-8-14(9-11-15)20(26)27/h1-13H,(H,22,28)(H,26,27)/p-1/b18-13+. The summed E-state index contributed by atoms with van der Waals surface area (Å²) in [5.74, 6) is -1.70. The first-order valence-electron chi connectivity index (χ1n) is 8.46. The number of hydrogen-bond acceptors (Lipinski definition) is 4. The first-order valence-corrected chi connectivity index (χ1v) is 8.46. The van der Waals surface area contributed by atoms with Gasteiger partial charge in [-0.3, -0.25) is 4.79 Å². The average Bonchev–Trinajstić information content (AvgIpc) is 3.27. The van der Waals surface area contributed by atoms with Crippen molar-refractivity contribution in [2.75, 3.05) is 4.90 Å². The summed E-state index contributed by atoms with van der Waals surface area (Å²) in [7, 11) is 0. The predicted molar refractivity (Wildman–Crippen MR) is 101 cm³/mol. The van der Waals surface area contributed by atoms with Gasteiger partial charge in [-0.05, 0) is 48.0 Å². The number of aromatic nitrogens is 1. The van der Waals surface area contributed by atoms with Gasteiger partial charge in [0.25, 0.3) is 5.91 Å². The number of urea groups is 1. The van der Waals surface area contributed by atoms with Crippen LogP contribution < -0.4 is 15.3 Å². The molecule has 0 atom stereocenters. The lowest BCUT2D eigenvalue weighted by atomic mass is 10.2. The molecule has 2 aromatic carbocycles. The van der Waals surface area contributed by atoms with E-state index in [0.29, 0.717) is 17.1 Å². The maximum absolute atomic E-state index is 12.7. The van der Waals surface area contributed by atoms with Crippen molar-refractivity contribution in [1.82, 2.24) is 9.88 Å². The predicted octanol–water partition coefficient (Wildman–Crippen LogP) is 1.94. The number of rotatable bonds is 4. The van der Waals surface area contributed by atoms with Crippen molar-refractivity contribution in [1.29, 1.82) is 0 Å². The van der Waals surface area contributed by atoms with Gasteiger partial charge in [0.05, 0.1) is 11.7 Å². The summed E-state index contributed by atoms with van der Waals surface area (Å²) < 4.78 is 1.77. The molecule has 0 aliphatic carbocycles. The Morgan fingerprint density at radius 3 is 2.29 bits per heavy atom. The van der Waals surface area contributed by atoms with Crippen LogP contribution in [0.25, 0.3) is 11.8 Å². The van der Waals surface area contributed by atoms with Crippen molar-refractivity contribution in [3.8, 4) is 5.69 Å². The van der Waals surface area contributed by atoms with Gasteiger partial charge in [-0.25, -0.2) is 9.69 Å². The fourth-order valence-corrected chi connectivity index (χ4v) is 3.00. The van der Waals surface area contributed by atoms with Crippen LogP contribution in [-0.4, -0.2) is 22.5 Å². The highest BCUT2D eigenvalue weighted by Gasteiger charge is 2.34. The number of amides is 3. The molecule has 28 heavy (non-hydrogen) atoms. The van der Waals surface area contributed by atoms with E-state index in [0.717, 1.165) is 4.90 Å². The molecule has 7 nitrogen and oxygen atoms in total. The van der Waals surface area contributed by atoms with Crippen molar-refractivity contribution in [2.45, 2.75) is 0 Å². The van der Waals surface area contributed by atoms with Crippen LogP contribution in [0.4, 0.5) is 10.5 Å². The molecule has 1 saturated heterocycles. The number of carboxylic acid groups (broad SMARTS) is 1. The number of imide groups is 1. The van der Waals surface area contributed by atoms with Gasteiger partial charge in [0.1, 0.15) is 5.70 Å². The number of carboxylic acids is 1. The lowest BCUT2D eigenvalue weighted by Gasteiger charge is -2.11. The van der Waals surface area contributed by atoms with E-state index >= 15 is 0 Å². The van der Waals surface area contributed by atoms with Crippen LogP contribution in [-0.2, 0) is 4.79 Å². The van der Waals surface area contributed by atoms with E-state index < -0.39 is 17.9 Å². The zero-order chi connectivity index (χ0) is 19.7. The van der Waals surface area contributed by atoms with Crippen LogP contribution in [0.3, 0.4) is 0 Å². The van der Waals surface area contributed by atoms with E-state index in [1.807, 2.05) is 0 Å². The summed E-state index contributed by atoms with van der Waals surface area (Å²) in [4.78, 5) is 36.9. The number of nitrogens with one attached hydrogen (secondary N) is 1. The minimum atomic E-state index is -1.25. The molecule has 0 bridgehead atoms. The van der Waals surface area contributed by atoms with Crippen molar-refractivity contribution in [3.63, 3.8) is 0 Å². The second-order valence-electron chi connectivity index (χ2n) is 6.10. The Morgan fingerprint density at radius 2 is 1.61 bits per heavy atom. The van der Waals surface area contributed by atoms with Crippen LogP contribution >= 0.6 is 0 Å². The zero-order valence-corrected chi connectivity index (χ0v) is 14.5. The number of anilines is 1. The van der Waals surface area contributed by atoms with Crippen molar-refractivity contribution in [3.05, 3.63) is 89.9 Å². The number of carbonyl (C=O) groups excluding carboxylic acids is 3. The molecule has 0 unspecified atom stereocenters. The molecule has 0 radical (unpaired) electrons. The van der Waals surface area contributed by atoms with Gasteiger partial charge in [-0.15, -0.1) is 0 Å². The van der Waals surface area contributed by atoms with Gasteiger partial charge in [-0.2, -0.15) is 0 Å². The molecular formula is C21H14N3O4-. The van der Waals surface area contributed by atoms with Crippen molar-refractivity contribution < 1.29 is 19.5 Å². The third-order valence-corrected chi connectivity index (χ3v) is 4.35. The molecule has 0 saturated carbocycles. The number of nitrogens with zero attached hydrogens (tertiary/aromatic N) is 2. The van der Waals surface area contributed by atoms with Crippen LogP contribution in [0.5, 0.6) is 0 Å². The lowest BCUT2D eigenvalue weighted by Crippen LogP contribution is -2.30. The van der Waals surface area contributed by atoms with Gasteiger partial charge < -0.3 is 19.8 Å². The number of aromatic carboxylic acids is 1. The molecule has 3 amide bonds. The molecule has 0 spiro atoms. The third-order valence-electron chi connectivity index (χ3n) is 4.35. The van der Waals surface area contributed by atoms with Gasteiger partial charge in [-0.1, -0.05) is 30.3 Å². The summed E-state index contributed by atoms with van der Waals surface area (Å²) in [5, 5.41) is 13.5. The molecule has 1 N–H and O–H groups in total. The topological polar surface area (TPSA) is 94.5 Å². The Kier molecular flexibility index (Phi) is 4.25. The lowest BCUT2D eigenvalue weighted by molar-refractivity contribution is -0.255. The Labute approximate surface area is 160 Å². The van der Waals surface area contributed by atoms with Crippen LogP contribution in [0, 0.1) is 0 Å². The highest BCUT2D eigenvalue weighted by atomic mass is 16.4. The van der Waals surface area contributed by atoms with Crippen LogP contribution in [0.2, 0.25) is 0 Å². The normalized spacial score (nSPS) is 15.1. The Balaban J connectivity index is 1.66. The molecule has 1 aliphatic rings. The fourth-order valence-electron chi connectivity index (χ4n) is 3.00. The minimum Gasteiger partial charge on any atom is -0.545 e. The molecule has 1 aliphatic heterocycles. The summed E-state index contributed by atoms with van der Waals surface area (Å²) in [5.41, 5.74) is 2.08. The summed E-state index contributed by atoms with van der Waals surface area (Å²) in [6, 6.07) is 17.9. The molecule has 7 heteroatoms. The molecule has 4 rings (SSSR count). The van der Waals surface area contributed by atoms with Gasteiger partial charge in [0.15, 0.2) is 0 Å². The Hall–Kier alpha value is -4.13. The number of benzene rings is 2. The maximum atomic E-state index is 12.7. The number of hydrogen-bond donors (Lipinski definition) is 1. The summed E-state index contributed by atoms with van der Waals surface area (Å²) in [6.07, 6.45) is 3.35. The van der Waals surface area contributed by atoms with Crippen LogP contribution in [0.1, 0.15) is 16.1 Å². The summed E-state index contributed by atoms with van der Waals surface area (Å²) in [6.45, 7) is 0. The first-order chi connectivity index (χ1) is 13.5. The van der Waals surface area contributed by atoms with E-state index in [9.17, 15) is 19.5 Å². The van der Waals surface area contributed by atoms with Crippen molar-refractivity contribution in [2.24, 2.45) is 0 Å². The second-order valence-corrected chi connectivity index (χ2v) is 6.10. The van der Waals surface area contributed by atoms with Gasteiger partial charge in [0.2, 0.25) is 0 Å². The average molecular weight is 372 g/mol. The number of carbonyl (C=O) groups is 3. The Bertz CT molecular complexity index is 1100. The quantitative estimate of drug-likeness (QED) is 0.559. The zero-order valence-electron chi connectivity index (χ0n) is 14.5. The maximum Gasteiger partial charge on any atom is 0.333 e. The third kappa shape index (κ3) is 3.05. The highest BCUT2D eigenvalue weighted by molar-refractivity contribution is 6.28. The highest BCUT2D eigenvalue weighted by Crippen LogP contribution is 2.23. The van der Waals surface area contributed by atoms with E-state index in [4.69, 9.17) is 0 Å². The second kappa shape index (κ2) is 6.88. The largest absolute Gasteiger partial charge is 0.545 e. The molecule has 1 aromatic heterocycles. The molecule has 138 valence electrons. The van der Waals surface area contributed by atoms with Crippen molar-refractivity contribution >= 4 is 29.7 Å². The molecule has 2 heterocycles. The van der Waals surface area contributed by atoms with E-state index in [1.54, 1.807) is 71.4 Å². The van der Waals surface area contributed by atoms with Gasteiger partial charge in [0, 0.05) is 17.6 Å². The number of para-hydroxylation sites is 1. The Morgan fingerprint density at radius 1 is 0.893 bits per heavy atom. The monoisotopic (exact) mass is 372 g/mol. The van der Waals surface area contributed by atoms with E-state index in [-0.39, 0.29) is 11.3 Å². The minimum absolute atomic E-state index is 0.0764. The smallest absolute Gasteiger partial charge is 0.333 e. The first kappa shape index (κ1) is 17.3. The van der Waals surface area contributed by atoms with Crippen LogP contribution in [0.15, 0.2) is 78.6 Å². The SMILES string of the molecule is O=C([O-])c1ccc(-n2cccc2/C=C2/NC(=O)N(c3ccccc3)C2=O)cc1. The molecular weight excluding hydrogens is 358 g/mol. The van der Waals surface area contributed by atoms with Gasteiger partial charge >= 0.3 is 6.03 Å². The molecule has 3 aromatic rings. The van der Waals surface area contributed by atoms with E-state index in [1.165, 1.54) is 12.1 Å².